The lowest BCUT2D eigenvalue weighted by atomic mass is 10.1. The van der Waals surface area contributed by atoms with Crippen LogP contribution in [0.2, 0.25) is 0 Å². The van der Waals surface area contributed by atoms with Crippen molar-refractivity contribution in [1.82, 2.24) is 10.2 Å². The van der Waals surface area contributed by atoms with Crippen LogP contribution in [0.1, 0.15) is 19.8 Å². The van der Waals surface area contributed by atoms with E-state index in [1.165, 1.54) is 0 Å². The van der Waals surface area contributed by atoms with Gasteiger partial charge in [0.15, 0.2) is 0 Å². The maximum absolute atomic E-state index is 12.3. The van der Waals surface area contributed by atoms with Crippen LogP contribution in [0, 0.1) is 11.8 Å². The predicted octanol–water partition coefficient (Wildman–Crippen LogP) is 1.51. The van der Waals surface area contributed by atoms with Gasteiger partial charge in [-0.1, -0.05) is 12.1 Å². The van der Waals surface area contributed by atoms with Gasteiger partial charge in [-0.3, -0.25) is 9.59 Å². The normalized spacial score (nSPS) is 23.2. The van der Waals surface area contributed by atoms with E-state index >= 15 is 0 Å². The van der Waals surface area contributed by atoms with Crippen molar-refractivity contribution in [3.63, 3.8) is 0 Å². The molecule has 2 atom stereocenters. The molecule has 0 radical (unpaired) electrons. The van der Waals surface area contributed by atoms with Gasteiger partial charge in [0.05, 0.1) is 18.7 Å². The molecule has 2 heterocycles. The number of hydrogen-bond donors (Lipinski definition) is 1. The molecule has 2 fully saturated rings. The Bertz CT molecular complexity index is 634. The van der Waals surface area contributed by atoms with Gasteiger partial charge in [0.25, 0.3) is 0 Å². The van der Waals surface area contributed by atoms with Crippen LogP contribution in [0.5, 0.6) is 5.75 Å². The molecule has 6 heteroatoms. The van der Waals surface area contributed by atoms with Gasteiger partial charge >= 0.3 is 0 Å². The van der Waals surface area contributed by atoms with E-state index in [9.17, 15) is 9.59 Å². The van der Waals surface area contributed by atoms with Gasteiger partial charge in [0, 0.05) is 39.1 Å². The summed E-state index contributed by atoms with van der Waals surface area (Å²) < 4.78 is 5.44. The minimum Gasteiger partial charge on any atom is -0.495 e. The highest BCUT2D eigenvalue weighted by atomic mass is 16.5. The molecule has 2 aliphatic heterocycles. The number of anilines is 1. The summed E-state index contributed by atoms with van der Waals surface area (Å²) in [5.74, 6) is 1.22. The van der Waals surface area contributed by atoms with E-state index in [1.54, 1.807) is 12.0 Å². The molecule has 25 heavy (non-hydrogen) atoms. The highest BCUT2D eigenvalue weighted by molar-refractivity contribution is 5.89. The molecule has 2 amide bonds. The lowest BCUT2D eigenvalue weighted by molar-refractivity contribution is -0.128. The molecule has 136 valence electrons. The monoisotopic (exact) mass is 345 g/mol. The highest BCUT2D eigenvalue weighted by Crippen LogP contribution is 2.31. The number of nitrogens with zero attached hydrogens (tertiary/aromatic N) is 2. The van der Waals surface area contributed by atoms with E-state index in [0.717, 1.165) is 30.9 Å². The van der Waals surface area contributed by atoms with Crippen LogP contribution in [-0.4, -0.2) is 56.5 Å². The molecule has 3 rings (SSSR count). The Kier molecular flexibility index (Phi) is 5.46. The molecule has 2 saturated heterocycles. The second-order valence-electron chi connectivity index (χ2n) is 6.85. The Hall–Kier alpha value is -2.24. The number of likely N-dealkylation sites (tertiary alicyclic amines) is 1. The molecule has 1 N–H and O–H groups in total. The largest absolute Gasteiger partial charge is 0.495 e. The molecule has 6 nitrogen and oxygen atoms in total. The summed E-state index contributed by atoms with van der Waals surface area (Å²) in [7, 11) is 1.69. The quantitative estimate of drug-likeness (QED) is 0.849. The first kappa shape index (κ1) is 17.6. The summed E-state index contributed by atoms with van der Waals surface area (Å²) in [5.41, 5.74) is 1.11. The fraction of sp³-hybridized carbons (Fsp3) is 0.579. The zero-order valence-corrected chi connectivity index (χ0v) is 15.0. The molecule has 2 unspecified atom stereocenters. The first-order valence-corrected chi connectivity index (χ1v) is 9.05. The van der Waals surface area contributed by atoms with Gasteiger partial charge in [-0.25, -0.2) is 0 Å². The maximum Gasteiger partial charge on any atom is 0.225 e. The SMILES string of the molecule is CCN1CC(C(=O)NCC2CCN(c3ccccc3OC)C2)CC1=O. The summed E-state index contributed by atoms with van der Waals surface area (Å²) in [6, 6.07) is 8.03. The smallest absolute Gasteiger partial charge is 0.225 e. The van der Waals surface area contributed by atoms with Crippen LogP contribution in [0.15, 0.2) is 24.3 Å². The summed E-state index contributed by atoms with van der Waals surface area (Å²) in [6.07, 6.45) is 1.39. The predicted molar refractivity (Wildman–Crippen MR) is 96.7 cm³/mol. The van der Waals surface area contributed by atoms with Crippen molar-refractivity contribution in [2.75, 3.05) is 44.7 Å². The van der Waals surface area contributed by atoms with E-state index < -0.39 is 0 Å². The molecular formula is C19H27N3O3. The molecule has 0 saturated carbocycles. The second kappa shape index (κ2) is 7.76. The first-order valence-electron chi connectivity index (χ1n) is 9.05. The number of rotatable bonds is 6. The second-order valence-corrected chi connectivity index (χ2v) is 6.85. The zero-order valence-electron chi connectivity index (χ0n) is 15.0. The van der Waals surface area contributed by atoms with Crippen LogP contribution in [0.3, 0.4) is 0 Å². The number of para-hydroxylation sites is 2. The molecular weight excluding hydrogens is 318 g/mol. The van der Waals surface area contributed by atoms with Gasteiger partial charge in [-0.15, -0.1) is 0 Å². The fourth-order valence-electron chi connectivity index (χ4n) is 3.75. The van der Waals surface area contributed by atoms with E-state index in [0.29, 0.717) is 32.0 Å². The lowest BCUT2D eigenvalue weighted by Crippen LogP contribution is -2.36. The van der Waals surface area contributed by atoms with E-state index in [4.69, 9.17) is 4.74 Å². The summed E-state index contributed by atoms with van der Waals surface area (Å²) in [4.78, 5) is 28.2. The van der Waals surface area contributed by atoms with Crippen molar-refractivity contribution < 1.29 is 14.3 Å². The number of benzene rings is 1. The van der Waals surface area contributed by atoms with Crippen LogP contribution in [-0.2, 0) is 9.59 Å². The van der Waals surface area contributed by atoms with Crippen molar-refractivity contribution in [1.29, 1.82) is 0 Å². The van der Waals surface area contributed by atoms with E-state index in [-0.39, 0.29) is 17.7 Å². The first-order chi connectivity index (χ1) is 12.1. The highest BCUT2D eigenvalue weighted by Gasteiger charge is 2.34. The van der Waals surface area contributed by atoms with Crippen molar-refractivity contribution in [2.45, 2.75) is 19.8 Å². The molecule has 0 aliphatic carbocycles. The molecule has 1 aromatic rings. The third-order valence-corrected chi connectivity index (χ3v) is 5.24. The molecule has 0 bridgehead atoms. The van der Waals surface area contributed by atoms with Crippen LogP contribution < -0.4 is 15.0 Å². The van der Waals surface area contributed by atoms with Gasteiger partial charge in [-0.05, 0) is 31.4 Å². The summed E-state index contributed by atoms with van der Waals surface area (Å²) in [6.45, 7) is 5.72. The number of amides is 2. The van der Waals surface area contributed by atoms with Crippen molar-refractivity contribution >= 4 is 17.5 Å². The Balaban J connectivity index is 1.49. The van der Waals surface area contributed by atoms with Crippen LogP contribution >= 0.6 is 0 Å². The number of carbonyl (C=O) groups excluding carboxylic acids is 2. The topological polar surface area (TPSA) is 61.9 Å². The maximum atomic E-state index is 12.3. The zero-order chi connectivity index (χ0) is 17.8. The third kappa shape index (κ3) is 3.89. The standard InChI is InChI=1S/C19H27N3O3/c1-3-21-13-15(10-18(21)23)19(24)20-11-14-8-9-22(12-14)16-6-4-5-7-17(16)25-2/h4-7,14-15H,3,8-13H2,1-2H3,(H,20,24). The molecule has 0 spiro atoms. The van der Waals surface area contributed by atoms with Crippen LogP contribution in [0.25, 0.3) is 0 Å². The van der Waals surface area contributed by atoms with Gasteiger partial charge in [0.1, 0.15) is 5.75 Å². The van der Waals surface area contributed by atoms with E-state index in [1.807, 2.05) is 25.1 Å². The average Bonchev–Trinajstić information content (AvgIpc) is 3.26. The fourth-order valence-corrected chi connectivity index (χ4v) is 3.75. The van der Waals surface area contributed by atoms with Gasteiger partial charge in [0.2, 0.25) is 11.8 Å². The molecule has 0 aromatic heterocycles. The number of carbonyl (C=O) groups is 2. The summed E-state index contributed by atoms with van der Waals surface area (Å²) in [5, 5.41) is 3.06. The lowest BCUT2D eigenvalue weighted by Gasteiger charge is -2.21. The Morgan fingerprint density at radius 3 is 2.84 bits per heavy atom. The van der Waals surface area contributed by atoms with Crippen LogP contribution in [0.4, 0.5) is 5.69 Å². The Morgan fingerprint density at radius 2 is 2.12 bits per heavy atom. The minimum absolute atomic E-state index is 0.0139. The molecule has 2 aliphatic rings. The summed E-state index contributed by atoms with van der Waals surface area (Å²) >= 11 is 0. The van der Waals surface area contributed by atoms with Gasteiger partial charge in [-0.2, -0.15) is 0 Å². The van der Waals surface area contributed by atoms with Crippen molar-refractivity contribution in [3.8, 4) is 5.75 Å². The number of ether oxygens (including phenoxy) is 1. The number of hydrogen-bond acceptors (Lipinski definition) is 4. The Labute approximate surface area is 149 Å². The Morgan fingerprint density at radius 1 is 1.32 bits per heavy atom. The van der Waals surface area contributed by atoms with Crippen molar-refractivity contribution in [3.05, 3.63) is 24.3 Å². The number of nitrogens with one attached hydrogen (secondary N) is 1. The molecule has 1 aromatic carbocycles. The minimum atomic E-state index is -0.195. The third-order valence-electron chi connectivity index (χ3n) is 5.24. The number of methoxy groups -OCH3 is 1. The van der Waals surface area contributed by atoms with E-state index in [2.05, 4.69) is 16.3 Å². The average molecular weight is 345 g/mol. The van der Waals surface area contributed by atoms with Crippen molar-refractivity contribution in [2.24, 2.45) is 11.8 Å². The van der Waals surface area contributed by atoms with Gasteiger partial charge < -0.3 is 19.9 Å².